The zero-order valence-corrected chi connectivity index (χ0v) is 12.1. The van der Waals surface area contributed by atoms with Gasteiger partial charge in [0.25, 0.3) is 0 Å². The van der Waals surface area contributed by atoms with E-state index >= 15 is 0 Å². The zero-order valence-electron chi connectivity index (χ0n) is 10.5. The smallest absolute Gasteiger partial charge is 0.147 e. The summed E-state index contributed by atoms with van der Waals surface area (Å²) >= 11 is 2.90. The number of halogens is 3. The van der Waals surface area contributed by atoms with E-state index in [0.717, 1.165) is 12.1 Å². The molecule has 0 bridgehead atoms. The molecule has 0 heterocycles. The summed E-state index contributed by atoms with van der Waals surface area (Å²) in [7, 11) is 0. The van der Waals surface area contributed by atoms with Gasteiger partial charge in [-0.15, -0.1) is 0 Å². The first-order chi connectivity index (χ1) is 9.38. The summed E-state index contributed by atoms with van der Waals surface area (Å²) in [6, 6.07) is 5.56. The van der Waals surface area contributed by atoms with Gasteiger partial charge in [-0.3, -0.25) is 0 Å². The highest BCUT2D eigenvalue weighted by atomic mass is 79.9. The van der Waals surface area contributed by atoms with E-state index < -0.39 is 17.7 Å². The number of hydrogen-bond acceptors (Lipinski definition) is 3. The molecule has 3 nitrogen and oxygen atoms in total. The second-order valence-corrected chi connectivity index (χ2v) is 5.21. The molecule has 0 radical (unpaired) electrons. The van der Waals surface area contributed by atoms with E-state index in [1.165, 1.54) is 18.2 Å². The third kappa shape index (κ3) is 3.01. The maximum Gasteiger partial charge on any atom is 0.147 e. The van der Waals surface area contributed by atoms with E-state index in [9.17, 15) is 19.0 Å². The standard InChI is InChI=1S/C14H12BrF2NO2/c1-7(9-4-8(19)2-3-14(9)20)18-13-6-11(16)10(15)5-12(13)17/h2-7,18-20H,1H3. The molecule has 0 saturated heterocycles. The van der Waals surface area contributed by atoms with Gasteiger partial charge in [0.2, 0.25) is 0 Å². The molecule has 6 heteroatoms. The number of rotatable bonds is 3. The van der Waals surface area contributed by atoms with Gasteiger partial charge in [-0.25, -0.2) is 8.78 Å². The quantitative estimate of drug-likeness (QED) is 0.574. The van der Waals surface area contributed by atoms with Crippen LogP contribution in [0.15, 0.2) is 34.8 Å². The van der Waals surface area contributed by atoms with Crippen LogP contribution in [-0.4, -0.2) is 10.2 Å². The molecule has 0 amide bonds. The Kier molecular flexibility index (Phi) is 4.13. The maximum absolute atomic E-state index is 13.7. The van der Waals surface area contributed by atoms with Crippen molar-refractivity contribution in [3.63, 3.8) is 0 Å². The number of benzene rings is 2. The van der Waals surface area contributed by atoms with Gasteiger partial charge in [-0.2, -0.15) is 0 Å². The fourth-order valence-corrected chi connectivity index (χ4v) is 2.15. The Bertz CT molecular complexity index is 649. The monoisotopic (exact) mass is 343 g/mol. The van der Waals surface area contributed by atoms with Crippen LogP contribution in [0.2, 0.25) is 0 Å². The zero-order chi connectivity index (χ0) is 14.9. The molecule has 1 atom stereocenters. The lowest BCUT2D eigenvalue weighted by Crippen LogP contribution is -2.08. The molecular weight excluding hydrogens is 332 g/mol. The Labute approximate surface area is 123 Å². The minimum absolute atomic E-state index is 0.0195. The van der Waals surface area contributed by atoms with E-state index in [0.29, 0.717) is 5.56 Å². The summed E-state index contributed by atoms with van der Waals surface area (Å²) in [6.07, 6.45) is 0. The number of nitrogens with one attached hydrogen (secondary N) is 1. The molecule has 0 aliphatic heterocycles. The van der Waals surface area contributed by atoms with Crippen LogP contribution in [0.4, 0.5) is 14.5 Å². The number of aromatic hydroxyl groups is 2. The highest BCUT2D eigenvalue weighted by molar-refractivity contribution is 9.10. The first-order valence-electron chi connectivity index (χ1n) is 5.81. The first-order valence-corrected chi connectivity index (χ1v) is 6.60. The molecule has 106 valence electrons. The maximum atomic E-state index is 13.7. The summed E-state index contributed by atoms with van der Waals surface area (Å²) in [5, 5.41) is 21.9. The largest absolute Gasteiger partial charge is 0.508 e. The van der Waals surface area contributed by atoms with Crippen molar-refractivity contribution >= 4 is 21.6 Å². The van der Waals surface area contributed by atoms with Crippen LogP contribution in [0, 0.1) is 11.6 Å². The van der Waals surface area contributed by atoms with E-state index in [-0.39, 0.29) is 21.7 Å². The summed E-state index contributed by atoms with van der Waals surface area (Å²) in [4.78, 5) is 0. The first kappa shape index (κ1) is 14.6. The third-order valence-electron chi connectivity index (χ3n) is 2.86. The molecule has 0 saturated carbocycles. The van der Waals surface area contributed by atoms with Gasteiger partial charge in [0, 0.05) is 11.6 Å². The number of hydrogen-bond donors (Lipinski definition) is 3. The topological polar surface area (TPSA) is 52.5 Å². The molecule has 0 aliphatic carbocycles. The van der Waals surface area contributed by atoms with Crippen molar-refractivity contribution in [2.24, 2.45) is 0 Å². The predicted molar refractivity (Wildman–Crippen MR) is 75.9 cm³/mol. The molecule has 0 aromatic heterocycles. The molecule has 2 aromatic rings. The molecule has 20 heavy (non-hydrogen) atoms. The van der Waals surface area contributed by atoms with Crippen molar-refractivity contribution in [2.45, 2.75) is 13.0 Å². The van der Waals surface area contributed by atoms with Crippen molar-refractivity contribution in [3.8, 4) is 11.5 Å². The summed E-state index contributed by atoms with van der Waals surface area (Å²) < 4.78 is 27.2. The molecule has 0 fully saturated rings. The van der Waals surface area contributed by atoms with E-state index in [1.54, 1.807) is 6.92 Å². The van der Waals surface area contributed by atoms with Gasteiger partial charge in [0.05, 0.1) is 16.2 Å². The molecule has 0 spiro atoms. The second kappa shape index (κ2) is 5.66. The molecule has 3 N–H and O–H groups in total. The van der Waals surface area contributed by atoms with Crippen molar-refractivity contribution in [2.75, 3.05) is 5.32 Å². The van der Waals surface area contributed by atoms with Crippen LogP contribution in [0.5, 0.6) is 11.5 Å². The highest BCUT2D eigenvalue weighted by Gasteiger charge is 2.15. The Hall–Kier alpha value is -1.82. The minimum Gasteiger partial charge on any atom is -0.508 e. The Balaban J connectivity index is 2.30. The van der Waals surface area contributed by atoms with Gasteiger partial charge in [-0.05, 0) is 47.1 Å². The van der Waals surface area contributed by atoms with Crippen LogP contribution in [0.25, 0.3) is 0 Å². The van der Waals surface area contributed by atoms with Gasteiger partial charge < -0.3 is 15.5 Å². The minimum atomic E-state index is -0.621. The molecule has 1 unspecified atom stereocenters. The number of phenolic OH excluding ortho intramolecular Hbond substituents is 2. The summed E-state index contributed by atoms with van der Waals surface area (Å²) in [5.74, 6) is -1.28. The second-order valence-electron chi connectivity index (χ2n) is 4.36. The van der Waals surface area contributed by atoms with Crippen LogP contribution in [0.3, 0.4) is 0 Å². The van der Waals surface area contributed by atoms with Gasteiger partial charge in [0.15, 0.2) is 0 Å². The van der Waals surface area contributed by atoms with Crippen LogP contribution in [0.1, 0.15) is 18.5 Å². The normalized spacial score (nSPS) is 12.2. The Morgan fingerprint density at radius 3 is 2.50 bits per heavy atom. The average molecular weight is 344 g/mol. The van der Waals surface area contributed by atoms with Crippen molar-refractivity contribution in [1.82, 2.24) is 0 Å². The van der Waals surface area contributed by atoms with Crippen molar-refractivity contribution in [1.29, 1.82) is 0 Å². The van der Waals surface area contributed by atoms with Gasteiger partial charge in [-0.1, -0.05) is 0 Å². The van der Waals surface area contributed by atoms with Gasteiger partial charge >= 0.3 is 0 Å². The number of anilines is 1. The van der Waals surface area contributed by atoms with E-state index in [2.05, 4.69) is 21.2 Å². The highest BCUT2D eigenvalue weighted by Crippen LogP contribution is 2.31. The fourth-order valence-electron chi connectivity index (χ4n) is 1.83. The Morgan fingerprint density at radius 1 is 1.10 bits per heavy atom. The summed E-state index contributed by atoms with van der Waals surface area (Å²) in [5.41, 5.74) is 0.355. The molecule has 0 aliphatic rings. The molecule has 2 aromatic carbocycles. The lowest BCUT2D eigenvalue weighted by atomic mass is 10.1. The molecular formula is C14H12BrF2NO2. The van der Waals surface area contributed by atoms with Crippen LogP contribution in [-0.2, 0) is 0 Å². The van der Waals surface area contributed by atoms with Crippen LogP contribution < -0.4 is 5.32 Å². The SMILES string of the molecule is CC(Nc1cc(F)c(Br)cc1F)c1cc(O)ccc1O. The van der Waals surface area contributed by atoms with E-state index in [1.807, 2.05) is 0 Å². The summed E-state index contributed by atoms with van der Waals surface area (Å²) in [6.45, 7) is 1.66. The lowest BCUT2D eigenvalue weighted by molar-refractivity contribution is 0.451. The number of phenols is 2. The molecule has 2 rings (SSSR count). The van der Waals surface area contributed by atoms with E-state index in [4.69, 9.17) is 0 Å². The fraction of sp³-hybridized carbons (Fsp3) is 0.143. The Morgan fingerprint density at radius 2 is 1.80 bits per heavy atom. The van der Waals surface area contributed by atoms with Crippen molar-refractivity contribution in [3.05, 3.63) is 52.0 Å². The third-order valence-corrected chi connectivity index (χ3v) is 3.47. The van der Waals surface area contributed by atoms with Crippen LogP contribution >= 0.6 is 15.9 Å². The lowest BCUT2D eigenvalue weighted by Gasteiger charge is -2.18. The van der Waals surface area contributed by atoms with Crippen molar-refractivity contribution < 1.29 is 19.0 Å². The van der Waals surface area contributed by atoms with Gasteiger partial charge in [0.1, 0.15) is 23.1 Å². The average Bonchev–Trinajstić information content (AvgIpc) is 2.38. The predicted octanol–water partition coefficient (Wildman–Crippen LogP) is 4.31.